The number of benzene rings is 3. The van der Waals surface area contributed by atoms with Crippen LogP contribution in [0.2, 0.25) is 5.02 Å². The molecule has 0 saturated heterocycles. The molecule has 1 atom stereocenters. The SMILES string of the molecule is O=C(NC(Cc1ccccc1)C(=O)Nc1ccc2c(c1)OCO2)c1ccc(Cl)cc1. The summed E-state index contributed by atoms with van der Waals surface area (Å²) in [4.78, 5) is 25.7. The molecule has 0 aliphatic carbocycles. The first-order chi connectivity index (χ1) is 14.6. The lowest BCUT2D eigenvalue weighted by Gasteiger charge is -2.19. The standard InChI is InChI=1S/C23H19ClN2O4/c24-17-8-6-16(7-9-17)22(27)26-19(12-15-4-2-1-3-5-15)23(28)25-18-10-11-20-21(13-18)30-14-29-20/h1-11,13,19H,12,14H2,(H,25,28)(H,26,27). The molecule has 30 heavy (non-hydrogen) atoms. The van der Waals surface area contributed by atoms with E-state index in [-0.39, 0.29) is 18.6 Å². The summed E-state index contributed by atoms with van der Waals surface area (Å²) in [5.41, 5.74) is 1.91. The molecule has 0 spiro atoms. The fourth-order valence-electron chi connectivity index (χ4n) is 3.11. The van der Waals surface area contributed by atoms with Gasteiger partial charge in [-0.2, -0.15) is 0 Å². The van der Waals surface area contributed by atoms with Gasteiger partial charge in [-0.1, -0.05) is 41.9 Å². The second-order valence-corrected chi connectivity index (χ2v) is 7.22. The molecular weight excluding hydrogens is 404 g/mol. The molecule has 0 fully saturated rings. The van der Waals surface area contributed by atoms with E-state index in [1.807, 2.05) is 30.3 Å². The van der Waals surface area contributed by atoms with Crippen molar-refractivity contribution in [1.29, 1.82) is 0 Å². The number of hydrogen-bond acceptors (Lipinski definition) is 4. The van der Waals surface area contributed by atoms with E-state index in [0.29, 0.717) is 34.2 Å². The summed E-state index contributed by atoms with van der Waals surface area (Å²) in [6.45, 7) is 0.153. The molecule has 3 aromatic rings. The Bertz CT molecular complexity index is 1050. The number of hydrogen-bond donors (Lipinski definition) is 2. The van der Waals surface area contributed by atoms with Gasteiger partial charge < -0.3 is 20.1 Å². The topological polar surface area (TPSA) is 76.7 Å². The van der Waals surface area contributed by atoms with Gasteiger partial charge in [-0.15, -0.1) is 0 Å². The summed E-state index contributed by atoms with van der Waals surface area (Å²) in [5, 5.41) is 6.21. The Hall–Kier alpha value is -3.51. The van der Waals surface area contributed by atoms with Crippen LogP contribution in [0.15, 0.2) is 72.8 Å². The van der Waals surface area contributed by atoms with Crippen molar-refractivity contribution in [1.82, 2.24) is 5.32 Å². The van der Waals surface area contributed by atoms with Crippen LogP contribution < -0.4 is 20.1 Å². The zero-order chi connectivity index (χ0) is 20.9. The minimum Gasteiger partial charge on any atom is -0.454 e. The number of nitrogens with one attached hydrogen (secondary N) is 2. The lowest BCUT2D eigenvalue weighted by Crippen LogP contribution is -2.45. The average molecular weight is 423 g/mol. The van der Waals surface area contributed by atoms with Crippen LogP contribution in [0.1, 0.15) is 15.9 Å². The number of fused-ring (bicyclic) bond motifs is 1. The van der Waals surface area contributed by atoms with Crippen LogP contribution in [-0.4, -0.2) is 24.6 Å². The van der Waals surface area contributed by atoms with Gasteiger partial charge in [-0.25, -0.2) is 0 Å². The van der Waals surface area contributed by atoms with Crippen LogP contribution in [-0.2, 0) is 11.2 Å². The van der Waals surface area contributed by atoms with Crippen molar-refractivity contribution in [2.75, 3.05) is 12.1 Å². The van der Waals surface area contributed by atoms with Crippen LogP contribution >= 0.6 is 11.6 Å². The molecule has 0 saturated carbocycles. The molecule has 7 heteroatoms. The molecule has 2 amide bonds. The first-order valence-corrected chi connectivity index (χ1v) is 9.77. The second kappa shape index (κ2) is 8.88. The van der Waals surface area contributed by atoms with E-state index < -0.39 is 6.04 Å². The molecule has 0 bridgehead atoms. The maximum absolute atomic E-state index is 13.0. The summed E-state index contributed by atoms with van der Waals surface area (Å²) < 4.78 is 10.6. The van der Waals surface area contributed by atoms with Crippen molar-refractivity contribution in [2.45, 2.75) is 12.5 Å². The van der Waals surface area contributed by atoms with Crippen molar-refractivity contribution < 1.29 is 19.1 Å². The molecular formula is C23H19ClN2O4. The molecule has 0 radical (unpaired) electrons. The van der Waals surface area contributed by atoms with Crippen LogP contribution in [0.3, 0.4) is 0 Å². The molecule has 3 aromatic carbocycles. The van der Waals surface area contributed by atoms with Gasteiger partial charge in [-0.05, 0) is 42.0 Å². The molecule has 4 rings (SSSR count). The van der Waals surface area contributed by atoms with Gasteiger partial charge in [0.15, 0.2) is 11.5 Å². The summed E-state index contributed by atoms with van der Waals surface area (Å²) in [6.07, 6.45) is 0.344. The lowest BCUT2D eigenvalue weighted by atomic mass is 10.0. The average Bonchev–Trinajstić information content (AvgIpc) is 3.22. The Morgan fingerprint density at radius 1 is 0.933 bits per heavy atom. The fourth-order valence-corrected chi connectivity index (χ4v) is 3.23. The number of carbonyl (C=O) groups excluding carboxylic acids is 2. The Balaban J connectivity index is 1.52. The van der Waals surface area contributed by atoms with Gasteiger partial charge in [0.2, 0.25) is 12.7 Å². The van der Waals surface area contributed by atoms with Gasteiger partial charge in [0, 0.05) is 28.8 Å². The number of ether oxygens (including phenoxy) is 2. The van der Waals surface area contributed by atoms with Crippen molar-refractivity contribution in [3.63, 3.8) is 0 Å². The number of amides is 2. The third kappa shape index (κ3) is 4.72. The van der Waals surface area contributed by atoms with Gasteiger partial charge in [0.25, 0.3) is 5.91 Å². The normalized spacial score (nSPS) is 12.8. The third-order valence-corrected chi connectivity index (χ3v) is 4.90. The highest BCUT2D eigenvalue weighted by atomic mass is 35.5. The number of anilines is 1. The monoisotopic (exact) mass is 422 g/mol. The first-order valence-electron chi connectivity index (χ1n) is 9.39. The molecule has 6 nitrogen and oxygen atoms in total. The van der Waals surface area contributed by atoms with Crippen molar-refractivity contribution in [3.8, 4) is 11.5 Å². The Kier molecular flexibility index (Phi) is 5.86. The van der Waals surface area contributed by atoms with Crippen LogP contribution in [0, 0.1) is 0 Å². The van der Waals surface area contributed by atoms with E-state index in [0.717, 1.165) is 5.56 Å². The van der Waals surface area contributed by atoms with E-state index >= 15 is 0 Å². The first kappa shape index (κ1) is 19.8. The van der Waals surface area contributed by atoms with Gasteiger partial charge in [0.1, 0.15) is 6.04 Å². The van der Waals surface area contributed by atoms with Crippen LogP contribution in [0.5, 0.6) is 11.5 Å². The van der Waals surface area contributed by atoms with Crippen molar-refractivity contribution in [3.05, 3.63) is 88.9 Å². The Morgan fingerprint density at radius 3 is 2.43 bits per heavy atom. The lowest BCUT2D eigenvalue weighted by molar-refractivity contribution is -0.118. The number of halogens is 1. The third-order valence-electron chi connectivity index (χ3n) is 4.65. The molecule has 152 valence electrons. The van der Waals surface area contributed by atoms with E-state index in [2.05, 4.69) is 10.6 Å². The minimum atomic E-state index is -0.777. The minimum absolute atomic E-state index is 0.153. The predicted molar refractivity (Wildman–Crippen MR) is 114 cm³/mol. The van der Waals surface area contributed by atoms with E-state index in [9.17, 15) is 9.59 Å². The molecule has 1 heterocycles. The molecule has 1 aliphatic heterocycles. The maximum Gasteiger partial charge on any atom is 0.251 e. The van der Waals surface area contributed by atoms with Crippen LogP contribution in [0.4, 0.5) is 5.69 Å². The van der Waals surface area contributed by atoms with Crippen molar-refractivity contribution in [2.24, 2.45) is 0 Å². The Morgan fingerprint density at radius 2 is 1.67 bits per heavy atom. The highest BCUT2D eigenvalue weighted by molar-refractivity contribution is 6.30. The molecule has 1 unspecified atom stereocenters. The molecule has 1 aliphatic rings. The van der Waals surface area contributed by atoms with Gasteiger partial charge in [0.05, 0.1) is 0 Å². The second-order valence-electron chi connectivity index (χ2n) is 6.78. The zero-order valence-electron chi connectivity index (χ0n) is 15.9. The van der Waals surface area contributed by atoms with E-state index in [1.54, 1.807) is 42.5 Å². The molecule has 2 N–H and O–H groups in total. The van der Waals surface area contributed by atoms with E-state index in [4.69, 9.17) is 21.1 Å². The quantitative estimate of drug-likeness (QED) is 0.628. The number of rotatable bonds is 6. The predicted octanol–water partition coefficient (Wildman–Crippen LogP) is 4.05. The highest BCUT2D eigenvalue weighted by Gasteiger charge is 2.23. The highest BCUT2D eigenvalue weighted by Crippen LogP contribution is 2.34. The number of carbonyl (C=O) groups is 2. The Labute approximate surface area is 178 Å². The summed E-state index contributed by atoms with van der Waals surface area (Å²) >= 11 is 5.90. The van der Waals surface area contributed by atoms with Crippen molar-refractivity contribution >= 4 is 29.1 Å². The largest absolute Gasteiger partial charge is 0.454 e. The van der Waals surface area contributed by atoms with Crippen LogP contribution in [0.25, 0.3) is 0 Å². The maximum atomic E-state index is 13.0. The van der Waals surface area contributed by atoms with E-state index in [1.165, 1.54) is 0 Å². The summed E-state index contributed by atoms with van der Waals surface area (Å²) in [5.74, 6) is 0.510. The smallest absolute Gasteiger partial charge is 0.251 e. The zero-order valence-corrected chi connectivity index (χ0v) is 16.7. The summed E-state index contributed by atoms with van der Waals surface area (Å²) in [7, 11) is 0. The van der Waals surface area contributed by atoms with Gasteiger partial charge >= 0.3 is 0 Å². The van der Waals surface area contributed by atoms with Gasteiger partial charge in [-0.3, -0.25) is 9.59 Å². The summed E-state index contributed by atoms with van der Waals surface area (Å²) in [6, 6.07) is 20.4. The fraction of sp³-hybridized carbons (Fsp3) is 0.130. The molecule has 0 aromatic heterocycles.